The van der Waals surface area contributed by atoms with E-state index in [4.69, 9.17) is 15.2 Å². The van der Waals surface area contributed by atoms with Crippen molar-refractivity contribution in [3.8, 4) is 5.75 Å². The quantitative estimate of drug-likeness (QED) is 0.652. The molecular formula is C17H19NO3. The third kappa shape index (κ3) is 4.24. The lowest BCUT2D eigenvalue weighted by molar-refractivity contribution is 0.0505. The lowest BCUT2D eigenvalue weighted by Crippen LogP contribution is -2.06. The molecule has 0 radical (unpaired) electrons. The number of benzene rings is 2. The van der Waals surface area contributed by atoms with E-state index in [2.05, 4.69) is 0 Å². The Kier molecular flexibility index (Phi) is 5.21. The molecule has 0 aliphatic heterocycles. The van der Waals surface area contributed by atoms with Crippen molar-refractivity contribution < 1.29 is 14.3 Å². The van der Waals surface area contributed by atoms with E-state index in [-0.39, 0.29) is 5.97 Å². The molecule has 21 heavy (non-hydrogen) atoms. The van der Waals surface area contributed by atoms with Crippen LogP contribution in [-0.2, 0) is 11.3 Å². The zero-order chi connectivity index (χ0) is 15.1. The third-order valence-electron chi connectivity index (χ3n) is 2.94. The van der Waals surface area contributed by atoms with Crippen LogP contribution in [0.4, 0.5) is 5.69 Å². The van der Waals surface area contributed by atoms with Gasteiger partial charge in [0.2, 0.25) is 0 Å². The van der Waals surface area contributed by atoms with Gasteiger partial charge in [-0.25, -0.2) is 4.79 Å². The molecule has 0 heterocycles. The molecule has 110 valence electrons. The number of hydrogen-bond donors (Lipinski definition) is 1. The molecule has 4 nitrogen and oxygen atoms in total. The van der Waals surface area contributed by atoms with Gasteiger partial charge in [0.25, 0.3) is 0 Å². The number of hydrogen-bond acceptors (Lipinski definition) is 4. The fourth-order valence-electron chi connectivity index (χ4n) is 1.79. The average molecular weight is 285 g/mol. The lowest BCUT2D eigenvalue weighted by Gasteiger charge is -2.09. The third-order valence-corrected chi connectivity index (χ3v) is 2.94. The van der Waals surface area contributed by atoms with Crippen molar-refractivity contribution in [2.75, 3.05) is 12.3 Å². The van der Waals surface area contributed by atoms with Gasteiger partial charge in [-0.2, -0.15) is 0 Å². The number of nitrogens with two attached hydrogens (primary N) is 1. The molecule has 0 unspecified atom stereocenters. The van der Waals surface area contributed by atoms with Gasteiger partial charge in [-0.15, -0.1) is 0 Å². The van der Waals surface area contributed by atoms with Gasteiger partial charge in [-0.05, 0) is 36.2 Å². The summed E-state index contributed by atoms with van der Waals surface area (Å²) < 4.78 is 10.7. The van der Waals surface area contributed by atoms with Crippen LogP contribution >= 0.6 is 0 Å². The molecule has 0 spiro atoms. The Bertz CT molecular complexity index is 593. The normalized spacial score (nSPS) is 10.1. The van der Waals surface area contributed by atoms with E-state index in [1.807, 2.05) is 37.3 Å². The molecule has 2 aromatic rings. The maximum Gasteiger partial charge on any atom is 0.338 e. The molecule has 0 aliphatic rings. The highest BCUT2D eigenvalue weighted by Crippen LogP contribution is 2.21. The van der Waals surface area contributed by atoms with Crippen LogP contribution in [0.15, 0.2) is 48.5 Å². The number of carbonyl (C=O) groups is 1. The minimum Gasteiger partial charge on any atom is -0.487 e. The molecule has 0 saturated carbocycles. The fraction of sp³-hybridized carbons (Fsp3) is 0.235. The van der Waals surface area contributed by atoms with E-state index in [0.717, 1.165) is 12.0 Å². The summed E-state index contributed by atoms with van der Waals surface area (Å²) in [5, 5.41) is 0. The molecule has 2 aromatic carbocycles. The van der Waals surface area contributed by atoms with E-state index in [1.54, 1.807) is 18.2 Å². The Morgan fingerprint density at radius 3 is 2.48 bits per heavy atom. The van der Waals surface area contributed by atoms with Crippen molar-refractivity contribution in [2.24, 2.45) is 0 Å². The van der Waals surface area contributed by atoms with E-state index >= 15 is 0 Å². The average Bonchev–Trinajstić information content (AvgIpc) is 2.52. The Hall–Kier alpha value is -2.49. The first-order chi connectivity index (χ1) is 10.2. The van der Waals surface area contributed by atoms with E-state index < -0.39 is 0 Å². The molecule has 0 amide bonds. The number of ether oxygens (including phenoxy) is 2. The minimum absolute atomic E-state index is 0.295. The summed E-state index contributed by atoms with van der Waals surface area (Å²) in [5.41, 5.74) is 7.93. The second kappa shape index (κ2) is 7.33. The molecule has 0 fully saturated rings. The SMILES string of the molecule is CCCOC(=O)c1ccc(COc2ccccc2N)cc1. The highest BCUT2D eigenvalue weighted by molar-refractivity contribution is 5.89. The highest BCUT2D eigenvalue weighted by Gasteiger charge is 2.06. The summed E-state index contributed by atoms with van der Waals surface area (Å²) in [6.07, 6.45) is 0.816. The monoisotopic (exact) mass is 285 g/mol. The van der Waals surface area contributed by atoms with Crippen LogP contribution in [0.5, 0.6) is 5.75 Å². The largest absolute Gasteiger partial charge is 0.487 e. The summed E-state index contributed by atoms with van der Waals surface area (Å²) in [6, 6.07) is 14.5. The second-order valence-corrected chi connectivity index (χ2v) is 4.66. The topological polar surface area (TPSA) is 61.5 Å². The van der Waals surface area contributed by atoms with Crippen molar-refractivity contribution in [3.63, 3.8) is 0 Å². The Morgan fingerprint density at radius 2 is 1.81 bits per heavy atom. The molecule has 0 saturated heterocycles. The number of rotatable bonds is 6. The maximum absolute atomic E-state index is 11.7. The van der Waals surface area contributed by atoms with Gasteiger partial charge in [-0.1, -0.05) is 31.2 Å². The fourth-order valence-corrected chi connectivity index (χ4v) is 1.79. The standard InChI is InChI=1S/C17H19NO3/c1-2-11-20-17(19)14-9-7-13(8-10-14)12-21-16-6-4-3-5-15(16)18/h3-10H,2,11-12,18H2,1H3. The summed E-state index contributed by atoms with van der Waals surface area (Å²) in [5.74, 6) is 0.362. The molecule has 0 aromatic heterocycles. The van der Waals surface area contributed by atoms with E-state index in [0.29, 0.717) is 30.2 Å². The van der Waals surface area contributed by atoms with E-state index in [1.165, 1.54) is 0 Å². The van der Waals surface area contributed by atoms with Gasteiger partial charge in [-0.3, -0.25) is 0 Å². The van der Waals surface area contributed by atoms with Crippen molar-refractivity contribution >= 4 is 11.7 Å². The first-order valence-corrected chi connectivity index (χ1v) is 6.94. The first-order valence-electron chi connectivity index (χ1n) is 6.94. The van der Waals surface area contributed by atoms with Gasteiger partial charge in [0, 0.05) is 0 Å². The van der Waals surface area contributed by atoms with Crippen LogP contribution in [0, 0.1) is 0 Å². The van der Waals surface area contributed by atoms with Crippen LogP contribution in [0.2, 0.25) is 0 Å². The van der Waals surface area contributed by atoms with Crippen molar-refractivity contribution in [1.82, 2.24) is 0 Å². The summed E-state index contributed by atoms with van der Waals surface area (Å²) >= 11 is 0. The van der Waals surface area contributed by atoms with E-state index in [9.17, 15) is 4.79 Å². The molecular weight excluding hydrogens is 266 g/mol. The van der Waals surface area contributed by atoms with Crippen LogP contribution in [0.3, 0.4) is 0 Å². The maximum atomic E-state index is 11.7. The number of carbonyl (C=O) groups excluding carboxylic acids is 1. The van der Waals surface area contributed by atoms with Gasteiger partial charge in [0.1, 0.15) is 12.4 Å². The van der Waals surface area contributed by atoms with Crippen LogP contribution < -0.4 is 10.5 Å². The molecule has 2 N–H and O–H groups in total. The van der Waals surface area contributed by atoms with Crippen molar-refractivity contribution in [3.05, 3.63) is 59.7 Å². The number of esters is 1. The molecule has 2 rings (SSSR count). The molecule has 0 atom stereocenters. The van der Waals surface area contributed by atoms with Crippen LogP contribution in [0.1, 0.15) is 29.3 Å². The Morgan fingerprint density at radius 1 is 1.10 bits per heavy atom. The van der Waals surface area contributed by atoms with Gasteiger partial charge < -0.3 is 15.2 Å². The smallest absolute Gasteiger partial charge is 0.338 e. The lowest BCUT2D eigenvalue weighted by atomic mass is 10.1. The zero-order valence-electron chi connectivity index (χ0n) is 12.0. The summed E-state index contributed by atoms with van der Waals surface area (Å²) in [4.78, 5) is 11.7. The first kappa shape index (κ1) is 14.9. The van der Waals surface area contributed by atoms with Crippen LogP contribution in [0.25, 0.3) is 0 Å². The summed E-state index contributed by atoms with van der Waals surface area (Å²) in [6.45, 7) is 2.80. The molecule has 0 bridgehead atoms. The van der Waals surface area contributed by atoms with Gasteiger partial charge in [0.15, 0.2) is 0 Å². The van der Waals surface area contributed by atoms with Crippen molar-refractivity contribution in [1.29, 1.82) is 0 Å². The predicted octanol–water partition coefficient (Wildman–Crippen LogP) is 3.41. The van der Waals surface area contributed by atoms with Crippen LogP contribution in [-0.4, -0.2) is 12.6 Å². The number of para-hydroxylation sites is 2. The molecule has 4 heteroatoms. The van der Waals surface area contributed by atoms with Gasteiger partial charge >= 0.3 is 5.97 Å². The predicted molar refractivity (Wildman–Crippen MR) is 82.2 cm³/mol. The van der Waals surface area contributed by atoms with Gasteiger partial charge in [0.05, 0.1) is 17.9 Å². The Balaban J connectivity index is 1.93. The second-order valence-electron chi connectivity index (χ2n) is 4.66. The Labute approximate surface area is 124 Å². The number of nitrogen functional groups attached to an aromatic ring is 1. The summed E-state index contributed by atoms with van der Waals surface area (Å²) in [7, 11) is 0. The highest BCUT2D eigenvalue weighted by atomic mass is 16.5. The minimum atomic E-state index is -0.295. The van der Waals surface area contributed by atoms with Crippen molar-refractivity contribution in [2.45, 2.75) is 20.0 Å². The molecule has 0 aliphatic carbocycles. The zero-order valence-corrected chi connectivity index (χ0v) is 12.0. The number of anilines is 1.